The second-order valence-electron chi connectivity index (χ2n) is 8.32. The van der Waals surface area contributed by atoms with Crippen LogP contribution in [0, 0.1) is 15.9 Å². The van der Waals surface area contributed by atoms with Gasteiger partial charge >= 0.3 is 0 Å². The molecule has 2 aromatic heterocycles. The summed E-state index contributed by atoms with van der Waals surface area (Å²) in [7, 11) is 2.92. The number of methoxy groups -OCH3 is 2. The van der Waals surface area contributed by atoms with Gasteiger partial charge in [-0.25, -0.2) is 9.37 Å². The third-order valence-corrected chi connectivity index (χ3v) is 8.32. The molecule has 188 valence electrons. The quantitative estimate of drug-likeness (QED) is 0.169. The molecule has 7 nitrogen and oxygen atoms in total. The number of nitrogens with zero attached hydrogens (tertiary/aromatic N) is 2. The lowest BCUT2D eigenvalue weighted by molar-refractivity contribution is -0.384. The first kappa shape index (κ1) is 24.7. The van der Waals surface area contributed by atoms with Gasteiger partial charge in [-0.15, -0.1) is 11.3 Å². The van der Waals surface area contributed by atoms with E-state index in [4.69, 9.17) is 15.2 Å². The number of halogens is 1. The highest BCUT2D eigenvalue weighted by atomic mass is 32.1. The van der Waals surface area contributed by atoms with Crippen LogP contribution in [0.4, 0.5) is 15.2 Å². The molecular weight excluding hydrogens is 513 g/mol. The maximum Gasteiger partial charge on any atom is 0.269 e. The molecule has 0 aliphatic heterocycles. The number of nitro benzene ring substituents is 1. The van der Waals surface area contributed by atoms with Gasteiger partial charge in [-0.05, 0) is 47.7 Å². The summed E-state index contributed by atoms with van der Waals surface area (Å²) >= 11 is 2.99. The van der Waals surface area contributed by atoms with Crippen LogP contribution >= 0.6 is 22.7 Å². The average Bonchev–Trinajstić information content (AvgIpc) is 3.50. The molecular formula is C27H22FN3O4S2. The zero-order valence-corrected chi connectivity index (χ0v) is 21.6. The second kappa shape index (κ2) is 10.2. The van der Waals surface area contributed by atoms with Crippen molar-refractivity contribution in [2.45, 2.75) is 12.3 Å². The summed E-state index contributed by atoms with van der Waals surface area (Å²) in [6, 6.07) is 19.4. The van der Waals surface area contributed by atoms with Gasteiger partial charge < -0.3 is 15.2 Å². The van der Waals surface area contributed by atoms with Crippen molar-refractivity contribution < 1.29 is 18.8 Å². The summed E-state index contributed by atoms with van der Waals surface area (Å²) in [5.41, 5.74) is 8.08. The van der Waals surface area contributed by atoms with Crippen molar-refractivity contribution in [3.05, 3.63) is 99.5 Å². The number of hydrogen-bond acceptors (Lipinski definition) is 8. The van der Waals surface area contributed by atoms with Crippen molar-refractivity contribution in [1.82, 2.24) is 4.98 Å². The number of nitro groups is 1. The monoisotopic (exact) mass is 535 g/mol. The molecule has 0 bridgehead atoms. The standard InChI is InChI=1S/C27H22FN3O4S2/c1-34-21-10-8-18(31(32)33)11-17(21)12-19(15-7-9-22(35-2)20(28)13-15)25-26(37-27(29)30-25)24-14-16-5-3-4-6-23(16)36-24/h3-11,13-14,19H,12H2,1-2H3,(H2,29,30). The molecule has 0 saturated carbocycles. The Morgan fingerprint density at radius 1 is 1.03 bits per heavy atom. The van der Waals surface area contributed by atoms with Gasteiger partial charge in [0.25, 0.3) is 5.69 Å². The predicted molar refractivity (Wildman–Crippen MR) is 145 cm³/mol. The SMILES string of the molecule is COc1ccc(C(Cc2cc([N+](=O)[O-])ccc2OC)c2nc(N)sc2-c2cc3ccccc3s2)cc1F. The molecule has 2 N–H and O–H groups in total. The van der Waals surface area contributed by atoms with Gasteiger partial charge in [-0.3, -0.25) is 10.1 Å². The fourth-order valence-electron chi connectivity index (χ4n) is 4.39. The second-order valence-corrected chi connectivity index (χ2v) is 10.4. The van der Waals surface area contributed by atoms with E-state index in [0.717, 1.165) is 19.8 Å². The highest BCUT2D eigenvalue weighted by Gasteiger charge is 2.27. The number of anilines is 1. The zero-order valence-electron chi connectivity index (χ0n) is 19.9. The van der Waals surface area contributed by atoms with E-state index in [1.165, 1.54) is 43.8 Å². The number of nitrogens with two attached hydrogens (primary N) is 1. The maximum atomic E-state index is 14.9. The summed E-state index contributed by atoms with van der Waals surface area (Å²) in [5.74, 6) is -0.359. The van der Waals surface area contributed by atoms with Gasteiger partial charge in [0.05, 0.1) is 29.7 Å². The number of thiazole rings is 1. The van der Waals surface area contributed by atoms with Crippen LogP contribution in [0.1, 0.15) is 22.7 Å². The molecule has 0 fully saturated rings. The maximum absolute atomic E-state index is 14.9. The number of hydrogen-bond donors (Lipinski definition) is 1. The van der Waals surface area contributed by atoms with Crippen molar-refractivity contribution in [2.75, 3.05) is 20.0 Å². The lowest BCUT2D eigenvalue weighted by Crippen LogP contribution is -2.09. The minimum atomic E-state index is -0.511. The summed E-state index contributed by atoms with van der Waals surface area (Å²) in [4.78, 5) is 17.6. The first-order chi connectivity index (χ1) is 17.9. The number of non-ortho nitro benzene ring substituents is 1. The first-order valence-electron chi connectivity index (χ1n) is 11.3. The molecule has 0 radical (unpaired) electrons. The van der Waals surface area contributed by atoms with E-state index in [0.29, 0.717) is 27.7 Å². The van der Waals surface area contributed by atoms with Crippen LogP contribution in [0.3, 0.4) is 0 Å². The van der Waals surface area contributed by atoms with Crippen LogP contribution in [0.5, 0.6) is 11.5 Å². The van der Waals surface area contributed by atoms with Crippen LogP contribution in [0.25, 0.3) is 19.8 Å². The van der Waals surface area contributed by atoms with Crippen LogP contribution in [-0.4, -0.2) is 24.1 Å². The normalized spacial score (nSPS) is 12.0. The van der Waals surface area contributed by atoms with Crippen molar-refractivity contribution in [3.8, 4) is 21.3 Å². The Bertz CT molecular complexity index is 1580. The number of thiophene rings is 1. The number of nitrogen functional groups attached to an aromatic ring is 1. The van der Waals surface area contributed by atoms with Crippen LogP contribution in [0.15, 0.2) is 66.7 Å². The minimum Gasteiger partial charge on any atom is -0.496 e. The van der Waals surface area contributed by atoms with Gasteiger partial charge in [0.15, 0.2) is 16.7 Å². The molecule has 5 aromatic rings. The Hall–Kier alpha value is -4.02. The fourth-order valence-corrected chi connectivity index (χ4v) is 6.45. The summed E-state index contributed by atoms with van der Waals surface area (Å²) in [5, 5.41) is 13.0. The zero-order chi connectivity index (χ0) is 26.1. The van der Waals surface area contributed by atoms with E-state index < -0.39 is 16.7 Å². The van der Waals surface area contributed by atoms with Crippen LogP contribution in [-0.2, 0) is 6.42 Å². The van der Waals surface area contributed by atoms with E-state index in [2.05, 4.69) is 17.1 Å². The number of ether oxygens (including phenoxy) is 2. The van der Waals surface area contributed by atoms with Gasteiger partial charge in [-0.2, -0.15) is 0 Å². The first-order valence-corrected chi connectivity index (χ1v) is 12.9. The molecule has 0 spiro atoms. The molecule has 0 saturated heterocycles. The number of fused-ring (bicyclic) bond motifs is 1. The van der Waals surface area contributed by atoms with Gasteiger partial charge in [-0.1, -0.05) is 35.6 Å². The Balaban J connectivity index is 1.68. The van der Waals surface area contributed by atoms with Crippen molar-refractivity contribution in [1.29, 1.82) is 0 Å². The van der Waals surface area contributed by atoms with E-state index >= 15 is 0 Å². The highest BCUT2D eigenvalue weighted by molar-refractivity contribution is 7.27. The van der Waals surface area contributed by atoms with Gasteiger partial charge in [0, 0.05) is 33.2 Å². The minimum absolute atomic E-state index is 0.0574. The topological polar surface area (TPSA) is 101 Å². The fraction of sp³-hybridized carbons (Fsp3) is 0.148. The summed E-state index contributed by atoms with van der Waals surface area (Å²) in [6.45, 7) is 0. The Morgan fingerprint density at radius 3 is 2.49 bits per heavy atom. The highest BCUT2D eigenvalue weighted by Crippen LogP contribution is 2.45. The van der Waals surface area contributed by atoms with Crippen molar-refractivity contribution in [2.24, 2.45) is 0 Å². The third-order valence-electron chi connectivity index (χ3n) is 6.13. The lowest BCUT2D eigenvalue weighted by Gasteiger charge is -2.19. The number of benzene rings is 3. The van der Waals surface area contributed by atoms with Crippen LogP contribution in [0.2, 0.25) is 0 Å². The lowest BCUT2D eigenvalue weighted by atomic mass is 9.87. The van der Waals surface area contributed by atoms with Gasteiger partial charge in [0.2, 0.25) is 0 Å². The molecule has 2 heterocycles. The molecule has 0 amide bonds. The largest absolute Gasteiger partial charge is 0.496 e. The van der Waals surface area contributed by atoms with E-state index in [1.807, 2.05) is 18.2 Å². The van der Waals surface area contributed by atoms with E-state index in [1.54, 1.807) is 29.5 Å². The molecule has 5 rings (SSSR count). The number of aromatic nitrogens is 1. The van der Waals surface area contributed by atoms with Crippen molar-refractivity contribution >= 4 is 43.6 Å². The average molecular weight is 536 g/mol. The van der Waals surface area contributed by atoms with Crippen molar-refractivity contribution in [3.63, 3.8) is 0 Å². The molecule has 10 heteroatoms. The Morgan fingerprint density at radius 2 is 1.78 bits per heavy atom. The molecule has 1 unspecified atom stereocenters. The molecule has 3 aromatic carbocycles. The number of rotatable bonds is 8. The molecule has 0 aliphatic carbocycles. The summed E-state index contributed by atoms with van der Waals surface area (Å²) in [6.07, 6.45) is 0.275. The molecule has 1 atom stereocenters. The molecule has 37 heavy (non-hydrogen) atoms. The Kier molecular flexibility index (Phi) is 6.77. The Labute approximate surface area is 220 Å². The van der Waals surface area contributed by atoms with E-state index in [9.17, 15) is 14.5 Å². The van der Waals surface area contributed by atoms with Crippen LogP contribution < -0.4 is 15.2 Å². The molecule has 0 aliphatic rings. The van der Waals surface area contributed by atoms with E-state index in [-0.39, 0.29) is 17.9 Å². The summed E-state index contributed by atoms with van der Waals surface area (Å²) < 4.78 is 26.6. The third kappa shape index (κ3) is 4.85. The predicted octanol–water partition coefficient (Wildman–Crippen LogP) is 7.05. The van der Waals surface area contributed by atoms with Gasteiger partial charge in [0.1, 0.15) is 5.75 Å². The smallest absolute Gasteiger partial charge is 0.269 e.